The van der Waals surface area contributed by atoms with Crippen molar-refractivity contribution >= 4 is 54.4 Å². The van der Waals surface area contributed by atoms with Gasteiger partial charge < -0.3 is 9.13 Å². The summed E-state index contributed by atoms with van der Waals surface area (Å²) in [5.41, 5.74) is 12.0. The Hall–Kier alpha value is -6.38. The number of hydrogen-bond acceptors (Lipinski definition) is 0. The maximum atomic E-state index is 2.46. The van der Waals surface area contributed by atoms with E-state index in [9.17, 15) is 0 Å². The predicted octanol–water partition coefficient (Wildman–Crippen LogP) is 12.4. The van der Waals surface area contributed by atoms with Gasteiger partial charge in [-0.3, -0.25) is 0 Å². The van der Waals surface area contributed by atoms with Crippen molar-refractivity contribution in [2.75, 3.05) is 0 Å². The second kappa shape index (κ2) is 10.6. The van der Waals surface area contributed by atoms with Gasteiger partial charge in [0.2, 0.25) is 0 Å². The summed E-state index contributed by atoms with van der Waals surface area (Å²) < 4.78 is 4.86. The fourth-order valence-electron chi connectivity index (χ4n) is 7.81. The molecule has 0 spiro atoms. The second-order valence-corrected chi connectivity index (χ2v) is 12.6. The van der Waals surface area contributed by atoms with E-state index in [0.29, 0.717) is 0 Å². The predicted molar refractivity (Wildman–Crippen MR) is 203 cm³/mol. The summed E-state index contributed by atoms with van der Waals surface area (Å²) in [6, 6.07) is 66.1. The summed E-state index contributed by atoms with van der Waals surface area (Å²) >= 11 is 0. The minimum Gasteiger partial charge on any atom is -0.309 e. The van der Waals surface area contributed by atoms with E-state index in [4.69, 9.17) is 0 Å². The highest BCUT2D eigenvalue weighted by Gasteiger charge is 2.20. The first-order chi connectivity index (χ1) is 23.8. The van der Waals surface area contributed by atoms with Gasteiger partial charge >= 0.3 is 0 Å². The zero-order valence-electron chi connectivity index (χ0n) is 26.2. The summed E-state index contributed by atoms with van der Waals surface area (Å²) in [6.45, 7) is 0. The monoisotopic (exact) mass is 610 g/mol. The van der Waals surface area contributed by atoms with E-state index in [1.54, 1.807) is 0 Å². The lowest BCUT2D eigenvalue weighted by Crippen LogP contribution is -1.96. The van der Waals surface area contributed by atoms with Gasteiger partial charge in [0.1, 0.15) is 0 Å². The molecule has 0 fully saturated rings. The smallest absolute Gasteiger partial charge is 0.0547 e. The molecule has 2 nitrogen and oxygen atoms in total. The van der Waals surface area contributed by atoms with Gasteiger partial charge in [0.25, 0.3) is 0 Å². The summed E-state index contributed by atoms with van der Waals surface area (Å²) in [5, 5.41) is 7.66. The van der Waals surface area contributed by atoms with Crippen LogP contribution in [0.5, 0.6) is 0 Å². The van der Waals surface area contributed by atoms with E-state index < -0.39 is 0 Å². The molecule has 10 rings (SSSR count). The molecule has 0 aliphatic rings. The lowest BCUT2D eigenvalue weighted by molar-refractivity contribution is 1.18. The molecule has 0 saturated carbocycles. The molecule has 10 aromatic rings. The molecule has 0 aliphatic heterocycles. The average Bonchev–Trinajstić information content (AvgIpc) is 3.69. The van der Waals surface area contributed by atoms with Crippen LogP contribution in [-0.4, -0.2) is 9.13 Å². The van der Waals surface area contributed by atoms with Gasteiger partial charge in [0.15, 0.2) is 0 Å². The molecule has 8 aromatic carbocycles. The first kappa shape index (κ1) is 26.8. The Morgan fingerprint density at radius 3 is 1.17 bits per heavy atom. The topological polar surface area (TPSA) is 9.86 Å². The van der Waals surface area contributed by atoms with Crippen LogP contribution in [0, 0.1) is 0 Å². The number of aromatic nitrogens is 2. The van der Waals surface area contributed by atoms with Crippen LogP contribution in [-0.2, 0) is 0 Å². The fraction of sp³-hybridized carbons (Fsp3) is 0. The fourth-order valence-corrected chi connectivity index (χ4v) is 7.81. The van der Waals surface area contributed by atoms with Crippen LogP contribution < -0.4 is 0 Å². The van der Waals surface area contributed by atoms with Gasteiger partial charge in [-0.2, -0.15) is 0 Å². The largest absolute Gasteiger partial charge is 0.309 e. The molecule has 48 heavy (non-hydrogen) atoms. The molecule has 0 unspecified atom stereocenters. The zero-order valence-corrected chi connectivity index (χ0v) is 26.2. The van der Waals surface area contributed by atoms with Crippen LogP contribution in [0.3, 0.4) is 0 Å². The normalized spacial score (nSPS) is 11.8. The van der Waals surface area contributed by atoms with Gasteiger partial charge in [-0.15, -0.1) is 0 Å². The second-order valence-electron chi connectivity index (χ2n) is 12.6. The molecule has 2 heteroatoms. The van der Waals surface area contributed by atoms with Crippen molar-refractivity contribution < 1.29 is 0 Å². The van der Waals surface area contributed by atoms with Crippen LogP contribution >= 0.6 is 0 Å². The van der Waals surface area contributed by atoms with Crippen molar-refractivity contribution in [3.8, 4) is 33.6 Å². The SMILES string of the molecule is c1ccc(-c2cc(-c3ccccc3)cc(-n3c4ccccc4c4c5ccc6c(c5ccc43)c3ccccc3n6-c3ccccc3)c2)cc1. The van der Waals surface area contributed by atoms with Crippen LogP contribution in [0.2, 0.25) is 0 Å². The van der Waals surface area contributed by atoms with Crippen LogP contribution in [0.15, 0.2) is 182 Å². The van der Waals surface area contributed by atoms with Crippen LogP contribution in [0.25, 0.3) is 88.0 Å². The van der Waals surface area contributed by atoms with Crippen molar-refractivity contribution in [3.63, 3.8) is 0 Å². The van der Waals surface area contributed by atoms with Crippen molar-refractivity contribution in [3.05, 3.63) is 182 Å². The molecule has 0 bridgehead atoms. The highest BCUT2D eigenvalue weighted by molar-refractivity contribution is 6.29. The molecular formula is C46H30N2. The highest BCUT2D eigenvalue weighted by Crippen LogP contribution is 2.43. The van der Waals surface area contributed by atoms with Crippen molar-refractivity contribution in [2.45, 2.75) is 0 Å². The van der Waals surface area contributed by atoms with Crippen molar-refractivity contribution in [2.24, 2.45) is 0 Å². The average molecular weight is 611 g/mol. The first-order valence-corrected chi connectivity index (χ1v) is 16.5. The molecule has 0 atom stereocenters. The standard InChI is InChI=1S/C46H30N2/c1-4-14-31(15-5-1)33-28-34(32-16-6-2-7-17-32)30-36(29-33)48-42-23-13-11-21-40(42)46-38-24-26-43-45(37(38)25-27-44(46)48)39-20-10-12-22-41(39)47(43)35-18-8-3-9-19-35/h1-30H. The number of para-hydroxylation sites is 3. The number of benzene rings is 8. The third-order valence-corrected chi connectivity index (χ3v) is 9.87. The summed E-state index contributed by atoms with van der Waals surface area (Å²) in [7, 11) is 0. The Morgan fingerprint density at radius 1 is 0.250 bits per heavy atom. The van der Waals surface area contributed by atoms with E-state index in [1.807, 2.05) is 0 Å². The Kier molecular flexibility index (Phi) is 5.91. The molecule has 224 valence electrons. The van der Waals surface area contributed by atoms with Crippen molar-refractivity contribution in [1.29, 1.82) is 0 Å². The number of nitrogens with zero attached hydrogens (tertiary/aromatic N) is 2. The third kappa shape index (κ3) is 4.00. The molecule has 0 aliphatic carbocycles. The Bertz CT molecular complexity index is 2750. The van der Waals surface area contributed by atoms with E-state index >= 15 is 0 Å². The first-order valence-electron chi connectivity index (χ1n) is 16.5. The quantitative estimate of drug-likeness (QED) is 0.188. The minimum atomic E-state index is 1.16. The third-order valence-electron chi connectivity index (χ3n) is 9.87. The van der Waals surface area contributed by atoms with Gasteiger partial charge in [0.05, 0.1) is 22.1 Å². The van der Waals surface area contributed by atoms with Crippen LogP contribution in [0.1, 0.15) is 0 Å². The van der Waals surface area contributed by atoms with Crippen LogP contribution in [0.4, 0.5) is 0 Å². The number of hydrogen-bond donors (Lipinski definition) is 0. The van der Waals surface area contributed by atoms with E-state index in [-0.39, 0.29) is 0 Å². The van der Waals surface area contributed by atoms with Gasteiger partial charge in [-0.1, -0.05) is 127 Å². The van der Waals surface area contributed by atoms with Gasteiger partial charge in [-0.05, 0) is 87.6 Å². The maximum Gasteiger partial charge on any atom is 0.0547 e. The zero-order chi connectivity index (χ0) is 31.6. The summed E-state index contributed by atoms with van der Waals surface area (Å²) in [5.74, 6) is 0. The molecule has 0 amide bonds. The lowest BCUT2D eigenvalue weighted by Gasteiger charge is -2.14. The summed E-state index contributed by atoms with van der Waals surface area (Å²) in [4.78, 5) is 0. The Labute approximate surface area is 278 Å². The molecule has 2 aromatic heterocycles. The van der Waals surface area contributed by atoms with Gasteiger partial charge in [-0.25, -0.2) is 0 Å². The molecular weight excluding hydrogens is 581 g/mol. The molecule has 0 N–H and O–H groups in total. The van der Waals surface area contributed by atoms with E-state index in [0.717, 1.165) is 5.69 Å². The lowest BCUT2D eigenvalue weighted by atomic mass is 9.98. The molecule has 2 heterocycles. The Balaban J connectivity index is 1.30. The number of rotatable bonds is 4. The van der Waals surface area contributed by atoms with E-state index in [2.05, 4.69) is 191 Å². The Morgan fingerprint density at radius 2 is 0.667 bits per heavy atom. The maximum absolute atomic E-state index is 2.46. The molecule has 0 radical (unpaired) electrons. The summed E-state index contributed by atoms with van der Waals surface area (Å²) in [6.07, 6.45) is 0. The van der Waals surface area contributed by atoms with Gasteiger partial charge in [0, 0.05) is 32.9 Å². The number of fused-ring (bicyclic) bond motifs is 9. The van der Waals surface area contributed by atoms with E-state index in [1.165, 1.54) is 82.3 Å². The van der Waals surface area contributed by atoms with Crippen molar-refractivity contribution in [1.82, 2.24) is 9.13 Å². The molecule has 0 saturated heterocycles. The minimum absolute atomic E-state index is 1.16. The highest BCUT2D eigenvalue weighted by atomic mass is 15.0.